The number of ether oxygens (including phenoxy) is 4. The summed E-state index contributed by atoms with van der Waals surface area (Å²) >= 11 is 0. The summed E-state index contributed by atoms with van der Waals surface area (Å²) in [6.07, 6.45) is 5.01. The molecular formula is C24H34N4O7. The number of allylic oxidation sites excluding steroid dienone is 1. The molecular weight excluding hydrogens is 456 g/mol. The van der Waals surface area contributed by atoms with Crippen molar-refractivity contribution in [2.45, 2.75) is 76.1 Å². The largest absolute Gasteiger partial charge is 0.476 e. The van der Waals surface area contributed by atoms with Gasteiger partial charge in [-0.25, -0.2) is 9.59 Å². The summed E-state index contributed by atoms with van der Waals surface area (Å²) in [6, 6.07) is 0. The van der Waals surface area contributed by atoms with Crippen LogP contribution in [0.3, 0.4) is 0 Å². The number of aromatic carboxylic acids is 1. The van der Waals surface area contributed by atoms with E-state index in [2.05, 4.69) is 37.2 Å². The van der Waals surface area contributed by atoms with Gasteiger partial charge >= 0.3 is 12.1 Å². The lowest BCUT2D eigenvalue weighted by Gasteiger charge is -2.44. The molecule has 192 valence electrons. The molecule has 1 spiro atoms. The first-order chi connectivity index (χ1) is 16.6. The van der Waals surface area contributed by atoms with E-state index in [4.69, 9.17) is 24.1 Å². The Morgan fingerprint density at radius 2 is 2.09 bits per heavy atom. The van der Waals surface area contributed by atoms with E-state index < -0.39 is 5.97 Å². The smallest absolute Gasteiger partial charge is 0.410 e. The van der Waals surface area contributed by atoms with Crippen LogP contribution >= 0.6 is 0 Å². The Morgan fingerprint density at radius 1 is 1.34 bits per heavy atom. The number of carboxylic acid groups (broad SMARTS) is 1. The van der Waals surface area contributed by atoms with Gasteiger partial charge in [0.15, 0.2) is 5.69 Å². The van der Waals surface area contributed by atoms with Gasteiger partial charge in [0.2, 0.25) is 0 Å². The molecule has 4 fully saturated rings. The minimum absolute atomic E-state index is 0.0120. The van der Waals surface area contributed by atoms with E-state index in [1.165, 1.54) is 16.5 Å². The van der Waals surface area contributed by atoms with E-state index >= 15 is 0 Å². The van der Waals surface area contributed by atoms with Gasteiger partial charge in [-0.1, -0.05) is 16.9 Å². The number of rotatable bonds is 8. The second kappa shape index (κ2) is 8.86. The first kappa shape index (κ1) is 24.2. The summed E-state index contributed by atoms with van der Waals surface area (Å²) in [5.41, 5.74) is 0.541. The van der Waals surface area contributed by atoms with Gasteiger partial charge in [0.05, 0.1) is 24.8 Å². The van der Waals surface area contributed by atoms with Gasteiger partial charge in [-0.05, 0) is 40.0 Å². The van der Waals surface area contributed by atoms with E-state index in [1.807, 2.05) is 0 Å². The number of carbonyl (C=O) groups is 2. The summed E-state index contributed by atoms with van der Waals surface area (Å²) < 4.78 is 25.6. The molecule has 0 radical (unpaired) electrons. The van der Waals surface area contributed by atoms with Crippen molar-refractivity contribution in [1.82, 2.24) is 19.9 Å². The zero-order valence-corrected chi connectivity index (χ0v) is 20.7. The standard InChI is InChI=1S/C24H34N4O7/c1-14(2)5-6-18-23(3,35-18)20-19(32-4)17(7-8-24(20)13-33-24)34-22(31)27-9-15(10-27)11-28-12-16(21(29)30)25-26-28/h5,12,15,17-20H,6-11,13H2,1-4H3,(H,29,30)/t17-,18-,19-,20-,23+,24+/m1/s1. The molecule has 4 heterocycles. The van der Waals surface area contributed by atoms with Crippen molar-refractivity contribution < 1.29 is 33.6 Å². The normalized spacial score (nSPS) is 35.9. The monoisotopic (exact) mass is 490 g/mol. The van der Waals surface area contributed by atoms with Gasteiger partial charge in [-0.3, -0.25) is 4.68 Å². The fourth-order valence-electron chi connectivity index (χ4n) is 5.86. The van der Waals surface area contributed by atoms with Crippen LogP contribution in [0.25, 0.3) is 0 Å². The zero-order valence-electron chi connectivity index (χ0n) is 20.7. The number of methoxy groups -OCH3 is 1. The molecule has 35 heavy (non-hydrogen) atoms. The highest BCUT2D eigenvalue weighted by molar-refractivity contribution is 5.84. The van der Waals surface area contributed by atoms with Crippen molar-refractivity contribution in [3.05, 3.63) is 23.5 Å². The van der Waals surface area contributed by atoms with Crippen LogP contribution in [0, 0.1) is 11.8 Å². The maximum absolute atomic E-state index is 12.9. The average Bonchev–Trinajstić information content (AvgIpc) is 3.63. The molecule has 11 nitrogen and oxygen atoms in total. The summed E-state index contributed by atoms with van der Waals surface area (Å²) in [5, 5.41) is 16.4. The van der Waals surface area contributed by atoms with Crippen LogP contribution in [0.2, 0.25) is 0 Å². The molecule has 1 aromatic heterocycles. The average molecular weight is 491 g/mol. The molecule has 4 aliphatic rings. The van der Waals surface area contributed by atoms with Crippen molar-refractivity contribution in [3.63, 3.8) is 0 Å². The summed E-state index contributed by atoms with van der Waals surface area (Å²) in [7, 11) is 1.67. The third-order valence-corrected chi connectivity index (χ3v) is 7.91. The predicted molar refractivity (Wildman–Crippen MR) is 122 cm³/mol. The van der Waals surface area contributed by atoms with Gasteiger partial charge in [0, 0.05) is 32.7 Å². The van der Waals surface area contributed by atoms with Crippen molar-refractivity contribution in [2.75, 3.05) is 26.8 Å². The van der Waals surface area contributed by atoms with Crippen LogP contribution in [0.5, 0.6) is 0 Å². The maximum Gasteiger partial charge on any atom is 0.410 e. The Balaban J connectivity index is 1.18. The van der Waals surface area contributed by atoms with Gasteiger partial charge in [0.1, 0.15) is 23.4 Å². The second-order valence-electron chi connectivity index (χ2n) is 10.7. The number of aromatic nitrogens is 3. The van der Waals surface area contributed by atoms with Crippen molar-refractivity contribution in [1.29, 1.82) is 0 Å². The number of carboxylic acids is 1. The molecule has 6 atom stereocenters. The lowest BCUT2D eigenvalue weighted by Crippen LogP contribution is -2.58. The predicted octanol–water partition coefficient (Wildman–Crippen LogP) is 2.12. The molecule has 5 rings (SSSR count). The minimum Gasteiger partial charge on any atom is -0.476 e. The van der Waals surface area contributed by atoms with E-state index in [1.54, 1.807) is 12.0 Å². The van der Waals surface area contributed by atoms with E-state index in [0.29, 0.717) is 32.7 Å². The quantitative estimate of drug-likeness (QED) is 0.430. The molecule has 3 aliphatic heterocycles. The zero-order chi connectivity index (χ0) is 25.0. The highest BCUT2D eigenvalue weighted by Gasteiger charge is 2.72. The summed E-state index contributed by atoms with van der Waals surface area (Å²) in [6.45, 7) is 8.52. The Labute approximate surface area is 204 Å². The number of amides is 1. The van der Waals surface area contributed by atoms with Gasteiger partial charge < -0.3 is 29.0 Å². The second-order valence-corrected chi connectivity index (χ2v) is 10.7. The molecule has 0 aromatic carbocycles. The first-order valence-corrected chi connectivity index (χ1v) is 12.2. The number of nitrogens with zero attached hydrogens (tertiary/aromatic N) is 4. The number of carbonyl (C=O) groups excluding carboxylic acids is 1. The first-order valence-electron chi connectivity index (χ1n) is 12.2. The van der Waals surface area contributed by atoms with Crippen LogP contribution < -0.4 is 0 Å². The Morgan fingerprint density at radius 3 is 2.69 bits per heavy atom. The molecule has 1 N–H and O–H groups in total. The minimum atomic E-state index is -1.11. The molecule has 1 aliphatic carbocycles. The van der Waals surface area contributed by atoms with E-state index in [9.17, 15) is 9.59 Å². The molecule has 11 heteroatoms. The summed E-state index contributed by atoms with van der Waals surface area (Å²) in [4.78, 5) is 25.5. The molecule has 1 amide bonds. The van der Waals surface area contributed by atoms with E-state index in [0.717, 1.165) is 12.8 Å². The van der Waals surface area contributed by atoms with E-state index in [-0.39, 0.29) is 53.1 Å². The lowest BCUT2D eigenvalue weighted by molar-refractivity contribution is -0.124. The van der Waals surface area contributed by atoms with Crippen LogP contribution in [0.15, 0.2) is 17.8 Å². The maximum atomic E-state index is 12.9. The fraction of sp³-hybridized carbons (Fsp3) is 0.750. The molecule has 3 saturated heterocycles. The number of hydrogen-bond donors (Lipinski definition) is 1. The molecule has 1 aromatic rings. The number of epoxide rings is 2. The Bertz CT molecular complexity index is 1010. The van der Waals surface area contributed by atoms with Crippen LogP contribution in [-0.2, 0) is 25.5 Å². The molecule has 0 unspecified atom stereocenters. The summed E-state index contributed by atoms with van der Waals surface area (Å²) in [5.74, 6) is -0.955. The van der Waals surface area contributed by atoms with Gasteiger partial charge in [0.25, 0.3) is 0 Å². The third kappa shape index (κ3) is 4.56. The van der Waals surface area contributed by atoms with Crippen molar-refractivity contribution in [3.8, 4) is 0 Å². The van der Waals surface area contributed by atoms with Crippen LogP contribution in [0.1, 0.15) is 50.5 Å². The lowest BCUT2D eigenvalue weighted by atomic mass is 9.68. The van der Waals surface area contributed by atoms with Crippen molar-refractivity contribution in [2.24, 2.45) is 11.8 Å². The van der Waals surface area contributed by atoms with Crippen molar-refractivity contribution >= 4 is 12.1 Å². The SMILES string of the molecule is CO[C@@H]1[C@H](OC(=O)N2CC(Cn3cc(C(=O)O)nn3)C2)CC[C@]2(CO2)[C@H]1[C@@]1(C)O[C@@H]1CC=C(C)C. The number of hydrogen-bond acceptors (Lipinski definition) is 8. The highest BCUT2D eigenvalue weighted by atomic mass is 16.6. The van der Waals surface area contributed by atoms with Crippen LogP contribution in [0.4, 0.5) is 4.79 Å². The Hall–Kier alpha value is -2.50. The third-order valence-electron chi connectivity index (χ3n) is 7.91. The molecule has 0 bridgehead atoms. The van der Waals surface area contributed by atoms with Gasteiger partial charge in [-0.2, -0.15) is 0 Å². The Kier molecular flexibility index (Phi) is 6.13. The highest BCUT2D eigenvalue weighted by Crippen LogP contribution is 2.59. The van der Waals surface area contributed by atoms with Crippen LogP contribution in [-0.4, -0.2) is 93.4 Å². The van der Waals surface area contributed by atoms with Gasteiger partial charge in [-0.15, -0.1) is 5.10 Å². The molecule has 1 saturated carbocycles. The number of likely N-dealkylation sites (tertiary alicyclic amines) is 1. The topological polar surface area (TPSA) is 132 Å². The fourth-order valence-corrected chi connectivity index (χ4v) is 5.86.